The van der Waals surface area contributed by atoms with E-state index in [4.69, 9.17) is 4.74 Å². The molecule has 1 N–H and O–H groups in total. The molecular weight excluding hydrogens is 504 g/mol. The summed E-state index contributed by atoms with van der Waals surface area (Å²) < 4.78 is 6.02. The Labute approximate surface area is 246 Å². The van der Waals surface area contributed by atoms with Crippen LogP contribution in [0.15, 0.2) is 30.3 Å². The summed E-state index contributed by atoms with van der Waals surface area (Å²) in [7, 11) is 2.24. The average molecular weight is 551 g/mol. The van der Waals surface area contributed by atoms with Gasteiger partial charge in [0.05, 0.1) is 5.69 Å². The molecule has 1 atom stereocenters. The quantitative estimate of drug-likeness (QED) is 0.346. The molecule has 1 fully saturated rings. The lowest BCUT2D eigenvalue weighted by atomic mass is 9.72. The largest absolute Gasteiger partial charge is 0.490 e. The number of benzene rings is 3. The van der Waals surface area contributed by atoms with Crippen molar-refractivity contribution in [3.05, 3.63) is 74.8 Å². The number of carbonyl (C=O) groups excluding carboxylic acids is 1. The number of nitrogens with one attached hydrogen (secondary N) is 1. The van der Waals surface area contributed by atoms with Gasteiger partial charge in [-0.05, 0) is 114 Å². The molecule has 4 heteroatoms. The molecule has 1 saturated carbocycles. The Hall–Kier alpha value is -3.27. The molecule has 0 radical (unpaired) electrons. The Morgan fingerprint density at radius 3 is 2.49 bits per heavy atom. The highest BCUT2D eigenvalue weighted by atomic mass is 16.5. The van der Waals surface area contributed by atoms with Crippen LogP contribution in [0.5, 0.6) is 5.75 Å². The number of rotatable bonds is 5. The van der Waals surface area contributed by atoms with Crippen LogP contribution in [-0.4, -0.2) is 26.0 Å². The first-order valence-corrected chi connectivity index (χ1v) is 15.4. The number of fused-ring (bicyclic) bond motifs is 3. The standard InChI is InChI=1S/C37H46N2O2/c1-21-10-9-11-26-20-39(8)35-24(4)33(30(19-37(5,6)7)36(40)25-12-13-25)32(22(2)29(35)18-28(21)26)27-14-15-31-34(23(27)3)38-16-17-41-31/h9-11,14-15,25,30,38H,12-13,16-20H2,1-8H3/t30-/m0/s1. The molecule has 2 aliphatic heterocycles. The molecule has 0 amide bonds. The van der Waals surface area contributed by atoms with Crippen molar-refractivity contribution >= 4 is 17.2 Å². The van der Waals surface area contributed by atoms with E-state index >= 15 is 0 Å². The lowest BCUT2D eigenvalue weighted by Crippen LogP contribution is -2.25. The molecule has 0 unspecified atom stereocenters. The second-order valence-electron chi connectivity index (χ2n) is 14.0. The second-order valence-corrected chi connectivity index (χ2v) is 14.0. The number of Topliss-reactive ketones (excluding diaryl/α,β-unsaturated/α-hetero) is 1. The number of anilines is 2. The minimum Gasteiger partial charge on any atom is -0.490 e. The molecule has 3 aromatic carbocycles. The molecule has 216 valence electrons. The van der Waals surface area contributed by atoms with Crippen LogP contribution in [0.25, 0.3) is 11.1 Å². The van der Waals surface area contributed by atoms with Crippen LogP contribution in [0.1, 0.15) is 90.5 Å². The molecule has 2 heterocycles. The maximum atomic E-state index is 14.2. The molecule has 0 aromatic heterocycles. The summed E-state index contributed by atoms with van der Waals surface area (Å²) >= 11 is 0. The fourth-order valence-corrected chi connectivity index (χ4v) is 7.51. The Morgan fingerprint density at radius 2 is 1.78 bits per heavy atom. The third kappa shape index (κ3) is 4.94. The monoisotopic (exact) mass is 550 g/mol. The Morgan fingerprint density at radius 1 is 1.02 bits per heavy atom. The van der Waals surface area contributed by atoms with Crippen LogP contribution < -0.4 is 15.0 Å². The van der Waals surface area contributed by atoms with Gasteiger partial charge in [-0.2, -0.15) is 0 Å². The maximum absolute atomic E-state index is 14.2. The van der Waals surface area contributed by atoms with E-state index in [-0.39, 0.29) is 17.3 Å². The first-order chi connectivity index (χ1) is 19.5. The van der Waals surface area contributed by atoms with Gasteiger partial charge in [0.1, 0.15) is 18.1 Å². The van der Waals surface area contributed by atoms with E-state index < -0.39 is 0 Å². The summed E-state index contributed by atoms with van der Waals surface area (Å²) in [5.74, 6) is 1.45. The number of ketones is 1. The van der Waals surface area contributed by atoms with Crippen LogP contribution in [0.4, 0.5) is 11.4 Å². The lowest BCUT2D eigenvalue weighted by molar-refractivity contribution is -0.122. The van der Waals surface area contributed by atoms with Crippen molar-refractivity contribution in [1.82, 2.24) is 0 Å². The number of aryl methyl sites for hydroxylation is 1. The van der Waals surface area contributed by atoms with Crippen molar-refractivity contribution in [2.45, 2.75) is 86.6 Å². The van der Waals surface area contributed by atoms with Crippen molar-refractivity contribution in [2.75, 3.05) is 30.4 Å². The highest BCUT2D eigenvalue weighted by Crippen LogP contribution is 2.51. The highest BCUT2D eigenvalue weighted by Gasteiger charge is 2.40. The average Bonchev–Trinajstić information content (AvgIpc) is 3.77. The van der Waals surface area contributed by atoms with Gasteiger partial charge >= 0.3 is 0 Å². The van der Waals surface area contributed by atoms with Crippen molar-refractivity contribution in [1.29, 1.82) is 0 Å². The lowest BCUT2D eigenvalue weighted by Gasteiger charge is -2.34. The van der Waals surface area contributed by atoms with E-state index in [2.05, 4.69) is 96.1 Å². The van der Waals surface area contributed by atoms with Crippen LogP contribution in [0, 0.1) is 39.0 Å². The molecule has 0 bridgehead atoms. The summed E-state index contributed by atoms with van der Waals surface area (Å²) in [6.07, 6.45) is 3.83. The normalized spacial score (nSPS) is 17.0. The van der Waals surface area contributed by atoms with Gasteiger partial charge in [0.2, 0.25) is 0 Å². The summed E-state index contributed by atoms with van der Waals surface area (Å²) in [5.41, 5.74) is 15.6. The van der Waals surface area contributed by atoms with Crippen molar-refractivity contribution in [3.8, 4) is 16.9 Å². The molecule has 6 rings (SSSR count). The Kier molecular flexibility index (Phi) is 6.95. The molecule has 3 aliphatic rings. The van der Waals surface area contributed by atoms with Gasteiger partial charge in [-0.3, -0.25) is 4.79 Å². The van der Waals surface area contributed by atoms with E-state index in [9.17, 15) is 4.79 Å². The van der Waals surface area contributed by atoms with Gasteiger partial charge in [-0.25, -0.2) is 0 Å². The van der Waals surface area contributed by atoms with Gasteiger partial charge in [0.15, 0.2) is 0 Å². The molecule has 41 heavy (non-hydrogen) atoms. The maximum Gasteiger partial charge on any atom is 0.143 e. The van der Waals surface area contributed by atoms with Gasteiger partial charge < -0.3 is 15.0 Å². The fourth-order valence-electron chi connectivity index (χ4n) is 7.51. The van der Waals surface area contributed by atoms with E-state index in [1.807, 2.05) is 0 Å². The van der Waals surface area contributed by atoms with Crippen molar-refractivity contribution in [2.24, 2.45) is 11.3 Å². The van der Waals surface area contributed by atoms with E-state index in [1.54, 1.807) is 0 Å². The van der Waals surface area contributed by atoms with Crippen LogP contribution in [0.3, 0.4) is 0 Å². The second kappa shape index (κ2) is 10.2. The topological polar surface area (TPSA) is 41.6 Å². The molecule has 0 saturated heterocycles. The molecule has 0 spiro atoms. The van der Waals surface area contributed by atoms with Gasteiger partial charge in [0.25, 0.3) is 0 Å². The van der Waals surface area contributed by atoms with Crippen molar-refractivity contribution < 1.29 is 9.53 Å². The third-order valence-electron chi connectivity index (χ3n) is 9.64. The molecule has 1 aliphatic carbocycles. The van der Waals surface area contributed by atoms with Gasteiger partial charge in [-0.1, -0.05) is 45.0 Å². The van der Waals surface area contributed by atoms with E-state index in [1.165, 1.54) is 61.3 Å². The van der Waals surface area contributed by atoms with Crippen molar-refractivity contribution in [3.63, 3.8) is 0 Å². The highest BCUT2D eigenvalue weighted by molar-refractivity contribution is 5.95. The van der Waals surface area contributed by atoms with Crippen LogP contribution >= 0.6 is 0 Å². The van der Waals surface area contributed by atoms with Gasteiger partial charge in [-0.15, -0.1) is 0 Å². The number of ether oxygens (including phenoxy) is 1. The minimum atomic E-state index is -0.123. The zero-order valence-corrected chi connectivity index (χ0v) is 26.3. The molecule has 4 nitrogen and oxygen atoms in total. The summed E-state index contributed by atoms with van der Waals surface area (Å²) in [4.78, 5) is 16.7. The number of carbonyl (C=O) groups is 1. The van der Waals surface area contributed by atoms with Gasteiger partial charge in [0, 0.05) is 44.1 Å². The van der Waals surface area contributed by atoms with E-state index in [0.29, 0.717) is 12.4 Å². The summed E-state index contributed by atoms with van der Waals surface area (Å²) in [6.45, 7) is 18.3. The van der Waals surface area contributed by atoms with Crippen LogP contribution in [0.2, 0.25) is 0 Å². The zero-order chi connectivity index (χ0) is 29.2. The molecular formula is C37H46N2O2. The third-order valence-corrected chi connectivity index (χ3v) is 9.64. The Bertz CT molecular complexity index is 1540. The SMILES string of the molecule is Cc1cccc2c1Cc1c(C)c(-c3ccc4c(c3C)NCCO4)c([C@H](CC(C)(C)C)C(=O)C3CC3)c(C)c1N(C)C2. The Balaban J connectivity index is 1.67. The number of nitrogens with zero attached hydrogens (tertiary/aromatic N) is 1. The zero-order valence-electron chi connectivity index (χ0n) is 26.3. The summed E-state index contributed by atoms with van der Waals surface area (Å²) in [6, 6.07) is 11.1. The minimum absolute atomic E-state index is 0.0269. The molecule has 3 aromatic rings. The van der Waals surface area contributed by atoms with E-state index in [0.717, 1.165) is 50.2 Å². The first-order valence-electron chi connectivity index (χ1n) is 15.4. The fraction of sp³-hybridized carbons (Fsp3) is 0.486. The predicted octanol–water partition coefficient (Wildman–Crippen LogP) is 8.43. The predicted molar refractivity (Wildman–Crippen MR) is 171 cm³/mol. The smallest absolute Gasteiger partial charge is 0.143 e. The summed E-state index contributed by atoms with van der Waals surface area (Å²) in [5, 5.41) is 3.61. The first kappa shape index (κ1) is 27.9. The number of hydrogen-bond donors (Lipinski definition) is 1. The number of hydrogen-bond acceptors (Lipinski definition) is 4. The van der Waals surface area contributed by atoms with Crippen LogP contribution in [-0.2, 0) is 17.8 Å².